The molecule has 1 rings (SSSR count). The summed E-state index contributed by atoms with van der Waals surface area (Å²) in [5.41, 5.74) is 0.426. The van der Waals surface area contributed by atoms with Gasteiger partial charge in [-0.2, -0.15) is 0 Å². The normalized spacial score (nSPS) is 11.3. The second kappa shape index (κ2) is 7.98. The fourth-order valence-corrected chi connectivity index (χ4v) is 2.51. The quantitative estimate of drug-likeness (QED) is 0.773. The minimum atomic E-state index is -0.915. The van der Waals surface area contributed by atoms with E-state index < -0.39 is 5.60 Å². The Labute approximate surface area is 126 Å². The van der Waals surface area contributed by atoms with Crippen molar-refractivity contribution in [3.05, 3.63) is 17.8 Å². The van der Waals surface area contributed by atoms with Crippen LogP contribution in [0.1, 0.15) is 51.6 Å². The Hall–Kier alpha value is -1.62. The molecule has 1 aromatic heterocycles. The van der Waals surface area contributed by atoms with Crippen molar-refractivity contribution in [3.8, 4) is 5.88 Å². The SMILES string of the molecule is CCCC(O)(CCC)CC(=O)Nc1ccc(OC)nc1C. The summed E-state index contributed by atoms with van der Waals surface area (Å²) in [6, 6.07) is 3.46. The molecule has 0 radical (unpaired) electrons. The van der Waals surface area contributed by atoms with E-state index in [1.807, 2.05) is 20.8 Å². The lowest BCUT2D eigenvalue weighted by Gasteiger charge is -2.26. The summed E-state index contributed by atoms with van der Waals surface area (Å²) in [4.78, 5) is 16.4. The highest BCUT2D eigenvalue weighted by Crippen LogP contribution is 2.25. The van der Waals surface area contributed by atoms with Gasteiger partial charge in [0.1, 0.15) is 0 Å². The molecule has 118 valence electrons. The topological polar surface area (TPSA) is 71.5 Å². The van der Waals surface area contributed by atoms with Crippen LogP contribution in [-0.4, -0.2) is 28.7 Å². The molecule has 0 aliphatic heterocycles. The maximum absolute atomic E-state index is 12.2. The zero-order valence-electron chi connectivity index (χ0n) is 13.4. The monoisotopic (exact) mass is 294 g/mol. The Morgan fingerprint density at radius 3 is 2.43 bits per heavy atom. The minimum absolute atomic E-state index is 0.111. The van der Waals surface area contributed by atoms with Crippen LogP contribution in [0.5, 0.6) is 5.88 Å². The molecule has 0 aliphatic rings. The second-order valence-electron chi connectivity index (χ2n) is 5.44. The van der Waals surface area contributed by atoms with Crippen molar-refractivity contribution < 1.29 is 14.6 Å². The lowest BCUT2D eigenvalue weighted by molar-refractivity contribution is -0.121. The van der Waals surface area contributed by atoms with E-state index in [0.717, 1.165) is 12.8 Å². The van der Waals surface area contributed by atoms with Crippen molar-refractivity contribution in [2.45, 2.75) is 58.5 Å². The minimum Gasteiger partial charge on any atom is -0.481 e. The second-order valence-corrected chi connectivity index (χ2v) is 5.44. The summed E-state index contributed by atoms with van der Waals surface area (Å²) in [5.74, 6) is 0.327. The summed E-state index contributed by atoms with van der Waals surface area (Å²) < 4.78 is 5.04. The summed E-state index contributed by atoms with van der Waals surface area (Å²) in [6.07, 6.45) is 3.09. The third kappa shape index (κ3) is 5.34. The molecule has 0 unspecified atom stereocenters. The third-order valence-electron chi connectivity index (χ3n) is 3.46. The molecule has 0 saturated carbocycles. The maximum Gasteiger partial charge on any atom is 0.227 e. The first-order chi connectivity index (χ1) is 9.94. The molecular formula is C16H26N2O3. The molecule has 5 nitrogen and oxygen atoms in total. The summed E-state index contributed by atoms with van der Waals surface area (Å²) in [7, 11) is 1.55. The molecule has 0 aliphatic carbocycles. The van der Waals surface area contributed by atoms with Crippen LogP contribution in [0.25, 0.3) is 0 Å². The summed E-state index contributed by atoms with van der Waals surface area (Å²) in [6.45, 7) is 5.83. The van der Waals surface area contributed by atoms with Crippen LogP contribution >= 0.6 is 0 Å². The molecule has 0 bridgehead atoms. The Kier molecular flexibility index (Phi) is 6.62. The standard InChI is InChI=1S/C16H26N2O3/c1-5-9-16(20,10-6-2)11-14(19)18-13-7-8-15(21-4)17-12(13)3/h7-8,20H,5-6,9-11H2,1-4H3,(H,18,19). The molecule has 2 N–H and O–H groups in total. The average Bonchev–Trinajstić information content (AvgIpc) is 2.41. The van der Waals surface area contributed by atoms with Gasteiger partial charge in [-0.15, -0.1) is 0 Å². The molecule has 0 fully saturated rings. The lowest BCUT2D eigenvalue weighted by atomic mass is 9.89. The number of pyridine rings is 1. The van der Waals surface area contributed by atoms with E-state index in [9.17, 15) is 9.90 Å². The van der Waals surface area contributed by atoms with Gasteiger partial charge in [0.05, 0.1) is 30.5 Å². The number of carbonyl (C=O) groups excluding carboxylic acids is 1. The number of hydrogen-bond donors (Lipinski definition) is 2. The number of anilines is 1. The van der Waals surface area contributed by atoms with Gasteiger partial charge in [-0.3, -0.25) is 4.79 Å². The molecule has 21 heavy (non-hydrogen) atoms. The maximum atomic E-state index is 12.2. The predicted octanol–water partition coefficient (Wildman–Crippen LogP) is 3.06. The Morgan fingerprint density at radius 2 is 1.95 bits per heavy atom. The summed E-state index contributed by atoms with van der Waals surface area (Å²) in [5, 5.41) is 13.3. The number of methoxy groups -OCH3 is 1. The van der Waals surface area contributed by atoms with Crippen molar-refractivity contribution in [1.82, 2.24) is 4.98 Å². The van der Waals surface area contributed by atoms with Gasteiger partial charge in [0.2, 0.25) is 11.8 Å². The van der Waals surface area contributed by atoms with Crippen LogP contribution in [0.15, 0.2) is 12.1 Å². The molecule has 1 amide bonds. The van der Waals surface area contributed by atoms with Gasteiger partial charge in [0.25, 0.3) is 0 Å². The molecule has 1 aromatic rings. The zero-order valence-corrected chi connectivity index (χ0v) is 13.4. The van der Waals surface area contributed by atoms with E-state index in [1.165, 1.54) is 0 Å². The van der Waals surface area contributed by atoms with Gasteiger partial charge >= 0.3 is 0 Å². The highest BCUT2D eigenvalue weighted by molar-refractivity contribution is 5.91. The van der Waals surface area contributed by atoms with E-state index in [2.05, 4.69) is 10.3 Å². The fraction of sp³-hybridized carbons (Fsp3) is 0.625. The number of aliphatic hydroxyl groups is 1. The number of hydrogen-bond acceptors (Lipinski definition) is 4. The van der Waals surface area contributed by atoms with Crippen LogP contribution in [0.3, 0.4) is 0 Å². The van der Waals surface area contributed by atoms with E-state index in [4.69, 9.17) is 4.74 Å². The largest absolute Gasteiger partial charge is 0.481 e. The number of carbonyl (C=O) groups is 1. The third-order valence-corrected chi connectivity index (χ3v) is 3.46. The van der Waals surface area contributed by atoms with Gasteiger partial charge in [0, 0.05) is 6.07 Å². The lowest BCUT2D eigenvalue weighted by Crippen LogP contribution is -2.34. The highest BCUT2D eigenvalue weighted by atomic mass is 16.5. The number of rotatable bonds is 8. The molecular weight excluding hydrogens is 268 g/mol. The molecule has 5 heteroatoms. The van der Waals surface area contributed by atoms with Crippen LogP contribution in [0.4, 0.5) is 5.69 Å². The van der Waals surface area contributed by atoms with Crippen molar-refractivity contribution >= 4 is 11.6 Å². The van der Waals surface area contributed by atoms with Crippen molar-refractivity contribution in [3.63, 3.8) is 0 Å². The Morgan fingerprint density at radius 1 is 1.33 bits per heavy atom. The molecule has 0 aromatic carbocycles. The first-order valence-electron chi connectivity index (χ1n) is 7.48. The average molecular weight is 294 g/mol. The molecule has 0 saturated heterocycles. The summed E-state index contributed by atoms with van der Waals surface area (Å²) >= 11 is 0. The number of aromatic nitrogens is 1. The van der Waals surface area contributed by atoms with Gasteiger partial charge in [-0.05, 0) is 25.8 Å². The van der Waals surface area contributed by atoms with Crippen LogP contribution < -0.4 is 10.1 Å². The number of aryl methyl sites for hydroxylation is 1. The van der Waals surface area contributed by atoms with Crippen LogP contribution in [0.2, 0.25) is 0 Å². The van der Waals surface area contributed by atoms with Gasteiger partial charge in [-0.25, -0.2) is 4.98 Å². The molecule has 1 heterocycles. The van der Waals surface area contributed by atoms with Gasteiger partial charge in [0.15, 0.2) is 0 Å². The Bertz CT molecular complexity index is 469. The first kappa shape index (κ1) is 17.4. The zero-order chi connectivity index (χ0) is 15.9. The Balaban J connectivity index is 2.72. The molecule has 0 atom stereocenters. The number of ether oxygens (including phenoxy) is 1. The highest BCUT2D eigenvalue weighted by Gasteiger charge is 2.28. The number of amides is 1. The first-order valence-corrected chi connectivity index (χ1v) is 7.48. The smallest absolute Gasteiger partial charge is 0.227 e. The van der Waals surface area contributed by atoms with Crippen LogP contribution in [-0.2, 0) is 4.79 Å². The van der Waals surface area contributed by atoms with E-state index in [-0.39, 0.29) is 12.3 Å². The van der Waals surface area contributed by atoms with Gasteiger partial charge < -0.3 is 15.2 Å². The number of nitrogens with one attached hydrogen (secondary N) is 1. The van der Waals surface area contributed by atoms with E-state index in [0.29, 0.717) is 30.1 Å². The molecule has 0 spiro atoms. The van der Waals surface area contributed by atoms with Crippen LogP contribution in [0, 0.1) is 6.92 Å². The number of nitrogens with zero attached hydrogens (tertiary/aromatic N) is 1. The van der Waals surface area contributed by atoms with Crippen molar-refractivity contribution in [1.29, 1.82) is 0 Å². The fourth-order valence-electron chi connectivity index (χ4n) is 2.51. The van der Waals surface area contributed by atoms with Crippen molar-refractivity contribution in [2.75, 3.05) is 12.4 Å². The van der Waals surface area contributed by atoms with E-state index in [1.54, 1.807) is 19.2 Å². The predicted molar refractivity (Wildman–Crippen MR) is 83.5 cm³/mol. The van der Waals surface area contributed by atoms with Crippen molar-refractivity contribution in [2.24, 2.45) is 0 Å². The van der Waals surface area contributed by atoms with Gasteiger partial charge in [-0.1, -0.05) is 26.7 Å². The van der Waals surface area contributed by atoms with E-state index >= 15 is 0 Å².